The minimum atomic E-state index is -0.532. The van der Waals surface area contributed by atoms with Crippen molar-refractivity contribution in [3.8, 4) is 0 Å². The molecule has 0 radical (unpaired) electrons. The van der Waals surface area contributed by atoms with Crippen molar-refractivity contribution in [2.24, 2.45) is 5.92 Å². The number of hydrogen-bond acceptors (Lipinski definition) is 2. The molecule has 2 rings (SSSR count). The van der Waals surface area contributed by atoms with E-state index in [4.69, 9.17) is 0 Å². The number of aliphatic hydroxyl groups excluding tert-OH is 2. The highest BCUT2D eigenvalue weighted by Gasteiger charge is 2.32. The van der Waals surface area contributed by atoms with Crippen LogP contribution in [0.25, 0.3) is 0 Å². The fraction of sp³-hybridized carbons (Fsp3) is 0.500. The predicted molar refractivity (Wildman–Crippen MR) is 54.9 cm³/mol. The van der Waals surface area contributed by atoms with Gasteiger partial charge in [0.15, 0.2) is 0 Å². The topological polar surface area (TPSA) is 40.5 Å². The third kappa shape index (κ3) is 1.97. The summed E-state index contributed by atoms with van der Waals surface area (Å²) in [5, 5.41) is 19.1. The molecule has 0 amide bonds. The van der Waals surface area contributed by atoms with Gasteiger partial charge in [-0.3, -0.25) is 0 Å². The zero-order chi connectivity index (χ0) is 9.97. The third-order valence-corrected chi connectivity index (χ3v) is 3.05. The average Bonchev–Trinajstić information content (AvgIpc) is 2.52. The summed E-state index contributed by atoms with van der Waals surface area (Å²) in [5.74, 6) is 0.229. The Morgan fingerprint density at radius 3 is 2.36 bits per heavy atom. The average molecular weight is 192 g/mol. The second-order valence-electron chi connectivity index (χ2n) is 4.09. The molecule has 1 aromatic carbocycles. The van der Waals surface area contributed by atoms with Crippen molar-refractivity contribution in [2.45, 2.75) is 31.5 Å². The van der Waals surface area contributed by atoms with Gasteiger partial charge in [-0.15, -0.1) is 0 Å². The van der Waals surface area contributed by atoms with E-state index in [1.807, 2.05) is 18.2 Å². The van der Waals surface area contributed by atoms with Crippen molar-refractivity contribution in [3.63, 3.8) is 0 Å². The standard InChI is InChI=1S/C12H16O2/c13-11-7-6-10(12(11)14)8-9-4-2-1-3-5-9/h1-5,10-14H,6-8H2. The summed E-state index contributed by atoms with van der Waals surface area (Å²) in [5.41, 5.74) is 1.24. The van der Waals surface area contributed by atoms with E-state index in [2.05, 4.69) is 12.1 Å². The molecule has 0 heterocycles. The minimum Gasteiger partial charge on any atom is -0.390 e. The van der Waals surface area contributed by atoms with Crippen LogP contribution in [0, 0.1) is 5.92 Å². The summed E-state index contributed by atoms with van der Waals surface area (Å²) in [4.78, 5) is 0. The monoisotopic (exact) mass is 192 g/mol. The molecular weight excluding hydrogens is 176 g/mol. The first-order chi connectivity index (χ1) is 6.77. The van der Waals surface area contributed by atoms with Gasteiger partial charge in [0.25, 0.3) is 0 Å². The Morgan fingerprint density at radius 1 is 1.07 bits per heavy atom. The number of rotatable bonds is 2. The van der Waals surface area contributed by atoms with Crippen LogP contribution in [0.15, 0.2) is 30.3 Å². The second kappa shape index (κ2) is 4.11. The molecule has 0 bridgehead atoms. The molecule has 0 saturated heterocycles. The van der Waals surface area contributed by atoms with Crippen molar-refractivity contribution in [1.82, 2.24) is 0 Å². The molecule has 1 fully saturated rings. The Morgan fingerprint density at radius 2 is 1.79 bits per heavy atom. The second-order valence-corrected chi connectivity index (χ2v) is 4.09. The summed E-state index contributed by atoms with van der Waals surface area (Å²) in [6.07, 6.45) is 1.49. The largest absolute Gasteiger partial charge is 0.390 e. The molecule has 3 atom stereocenters. The van der Waals surface area contributed by atoms with Crippen molar-refractivity contribution < 1.29 is 10.2 Å². The summed E-state index contributed by atoms with van der Waals surface area (Å²) in [6, 6.07) is 10.1. The predicted octanol–water partition coefficient (Wildman–Crippen LogP) is 1.36. The number of benzene rings is 1. The maximum Gasteiger partial charge on any atom is 0.0830 e. The first kappa shape index (κ1) is 9.69. The molecule has 1 aliphatic carbocycles. The Hall–Kier alpha value is -0.860. The lowest BCUT2D eigenvalue weighted by Gasteiger charge is -2.16. The van der Waals surface area contributed by atoms with Crippen LogP contribution in [0.5, 0.6) is 0 Å². The fourth-order valence-electron chi connectivity index (χ4n) is 2.18. The molecular formula is C12H16O2. The molecule has 1 aromatic rings. The van der Waals surface area contributed by atoms with E-state index >= 15 is 0 Å². The molecule has 0 aromatic heterocycles. The molecule has 2 nitrogen and oxygen atoms in total. The summed E-state index contributed by atoms with van der Waals surface area (Å²) < 4.78 is 0. The van der Waals surface area contributed by atoms with Gasteiger partial charge in [-0.25, -0.2) is 0 Å². The van der Waals surface area contributed by atoms with Crippen LogP contribution in [-0.2, 0) is 6.42 Å². The molecule has 1 saturated carbocycles. The van der Waals surface area contributed by atoms with E-state index in [0.717, 1.165) is 19.3 Å². The van der Waals surface area contributed by atoms with Gasteiger partial charge >= 0.3 is 0 Å². The van der Waals surface area contributed by atoms with Gasteiger partial charge in [-0.1, -0.05) is 30.3 Å². The van der Waals surface area contributed by atoms with Gasteiger partial charge in [-0.2, -0.15) is 0 Å². The Labute approximate surface area is 84.2 Å². The van der Waals surface area contributed by atoms with E-state index < -0.39 is 12.2 Å². The smallest absolute Gasteiger partial charge is 0.0830 e. The minimum absolute atomic E-state index is 0.229. The van der Waals surface area contributed by atoms with Gasteiger partial charge in [0.2, 0.25) is 0 Å². The molecule has 0 spiro atoms. The summed E-state index contributed by atoms with van der Waals surface area (Å²) in [6.45, 7) is 0. The van der Waals surface area contributed by atoms with Crippen LogP contribution < -0.4 is 0 Å². The van der Waals surface area contributed by atoms with Crippen LogP contribution >= 0.6 is 0 Å². The van der Waals surface area contributed by atoms with E-state index in [0.29, 0.717) is 0 Å². The third-order valence-electron chi connectivity index (χ3n) is 3.05. The van der Waals surface area contributed by atoms with Gasteiger partial charge < -0.3 is 10.2 Å². The summed E-state index contributed by atoms with van der Waals surface area (Å²) >= 11 is 0. The van der Waals surface area contributed by atoms with Crippen molar-refractivity contribution in [3.05, 3.63) is 35.9 Å². The van der Waals surface area contributed by atoms with Gasteiger partial charge in [0.1, 0.15) is 0 Å². The lowest BCUT2D eigenvalue weighted by Crippen LogP contribution is -2.26. The zero-order valence-corrected chi connectivity index (χ0v) is 8.13. The highest BCUT2D eigenvalue weighted by atomic mass is 16.3. The number of aliphatic hydroxyl groups is 2. The van der Waals surface area contributed by atoms with Crippen molar-refractivity contribution in [1.29, 1.82) is 0 Å². The van der Waals surface area contributed by atoms with Crippen molar-refractivity contribution >= 4 is 0 Å². The van der Waals surface area contributed by atoms with Crippen LogP contribution in [0.3, 0.4) is 0 Å². The lowest BCUT2D eigenvalue weighted by molar-refractivity contribution is 0.0207. The maximum atomic E-state index is 9.67. The van der Waals surface area contributed by atoms with Gasteiger partial charge in [-0.05, 0) is 30.7 Å². The molecule has 2 heteroatoms. The highest BCUT2D eigenvalue weighted by Crippen LogP contribution is 2.28. The maximum absolute atomic E-state index is 9.67. The Kier molecular flexibility index (Phi) is 2.85. The first-order valence-electron chi connectivity index (χ1n) is 5.17. The molecule has 76 valence electrons. The lowest BCUT2D eigenvalue weighted by atomic mass is 9.96. The summed E-state index contributed by atoms with van der Waals surface area (Å²) in [7, 11) is 0. The van der Waals surface area contributed by atoms with Gasteiger partial charge in [0, 0.05) is 0 Å². The Balaban J connectivity index is 1.99. The molecule has 2 N–H and O–H groups in total. The van der Waals surface area contributed by atoms with E-state index in [-0.39, 0.29) is 5.92 Å². The van der Waals surface area contributed by atoms with Crippen molar-refractivity contribution in [2.75, 3.05) is 0 Å². The number of hydrogen-bond donors (Lipinski definition) is 2. The SMILES string of the molecule is OC1CCC(Cc2ccccc2)C1O. The van der Waals surface area contributed by atoms with Crippen LogP contribution in [0.1, 0.15) is 18.4 Å². The van der Waals surface area contributed by atoms with E-state index in [1.165, 1.54) is 5.56 Å². The molecule has 0 aliphatic heterocycles. The van der Waals surface area contributed by atoms with Crippen LogP contribution in [0.2, 0.25) is 0 Å². The highest BCUT2D eigenvalue weighted by molar-refractivity contribution is 5.16. The molecule has 3 unspecified atom stereocenters. The first-order valence-corrected chi connectivity index (χ1v) is 5.17. The quantitative estimate of drug-likeness (QED) is 0.742. The molecule has 14 heavy (non-hydrogen) atoms. The zero-order valence-electron chi connectivity index (χ0n) is 8.13. The van der Waals surface area contributed by atoms with E-state index in [9.17, 15) is 10.2 Å². The fourth-order valence-corrected chi connectivity index (χ4v) is 2.18. The van der Waals surface area contributed by atoms with Gasteiger partial charge in [0.05, 0.1) is 12.2 Å². The van der Waals surface area contributed by atoms with Crippen LogP contribution in [0.4, 0.5) is 0 Å². The Bertz CT molecular complexity index is 284. The van der Waals surface area contributed by atoms with E-state index in [1.54, 1.807) is 0 Å². The molecule has 1 aliphatic rings. The van der Waals surface area contributed by atoms with Crippen LogP contribution in [-0.4, -0.2) is 22.4 Å². The normalized spacial score (nSPS) is 32.0.